The van der Waals surface area contributed by atoms with Crippen LogP contribution in [0.3, 0.4) is 0 Å². The van der Waals surface area contributed by atoms with Gasteiger partial charge in [-0.1, -0.05) is 43.3 Å². The Balaban J connectivity index is 1.32. The van der Waals surface area contributed by atoms with Gasteiger partial charge >= 0.3 is 0 Å². The summed E-state index contributed by atoms with van der Waals surface area (Å²) in [6.45, 7) is 6.51. The van der Waals surface area contributed by atoms with Gasteiger partial charge in [-0.05, 0) is 37.1 Å². The minimum Gasteiger partial charge on any atom is -0.441 e. The molecule has 32 heavy (non-hydrogen) atoms. The number of rotatable bonds is 6. The van der Waals surface area contributed by atoms with Crippen LogP contribution in [0.4, 0.5) is 5.69 Å². The summed E-state index contributed by atoms with van der Waals surface area (Å²) in [5, 5.41) is 3.01. The van der Waals surface area contributed by atoms with Crippen molar-refractivity contribution in [1.82, 2.24) is 14.8 Å². The molecule has 7 heteroatoms. The zero-order chi connectivity index (χ0) is 22.5. The molecule has 0 bridgehead atoms. The fraction of sp³-hybridized carbons (Fsp3) is 0.320. The third-order valence-electron chi connectivity index (χ3n) is 5.72. The Hall–Kier alpha value is -3.45. The van der Waals surface area contributed by atoms with Crippen molar-refractivity contribution < 1.29 is 14.0 Å². The van der Waals surface area contributed by atoms with E-state index in [2.05, 4.69) is 22.1 Å². The number of para-hydroxylation sites is 1. The Morgan fingerprint density at radius 3 is 2.41 bits per heavy atom. The predicted molar refractivity (Wildman–Crippen MR) is 123 cm³/mol. The third kappa shape index (κ3) is 4.89. The Bertz CT molecular complexity index is 1090. The van der Waals surface area contributed by atoms with Gasteiger partial charge in [0, 0.05) is 37.4 Å². The molecule has 2 heterocycles. The number of aromatic nitrogens is 1. The molecular formula is C25H28N4O3. The van der Waals surface area contributed by atoms with Crippen molar-refractivity contribution >= 4 is 17.5 Å². The van der Waals surface area contributed by atoms with Crippen LogP contribution in [0.2, 0.25) is 0 Å². The van der Waals surface area contributed by atoms with Crippen molar-refractivity contribution in [2.75, 3.05) is 38.0 Å². The first-order valence-electron chi connectivity index (χ1n) is 11.0. The zero-order valence-corrected chi connectivity index (χ0v) is 18.5. The maximum Gasteiger partial charge on any atom is 0.276 e. The van der Waals surface area contributed by atoms with E-state index in [1.165, 1.54) is 0 Å². The molecule has 0 unspecified atom stereocenters. The van der Waals surface area contributed by atoms with Crippen LogP contribution >= 0.6 is 0 Å². The first kappa shape index (κ1) is 21.8. The fourth-order valence-corrected chi connectivity index (χ4v) is 3.90. The molecular weight excluding hydrogens is 404 g/mol. The Kier molecular flexibility index (Phi) is 6.66. The summed E-state index contributed by atoms with van der Waals surface area (Å²) in [6.07, 6.45) is 0.866. The fourth-order valence-electron chi connectivity index (χ4n) is 3.90. The highest BCUT2D eigenvalue weighted by atomic mass is 16.4. The van der Waals surface area contributed by atoms with E-state index in [1.807, 2.05) is 54.6 Å². The smallest absolute Gasteiger partial charge is 0.276 e. The number of piperazine rings is 1. The molecule has 1 aliphatic rings. The van der Waals surface area contributed by atoms with E-state index < -0.39 is 0 Å². The van der Waals surface area contributed by atoms with Gasteiger partial charge in [0.15, 0.2) is 5.69 Å². The summed E-state index contributed by atoms with van der Waals surface area (Å²) in [5.41, 5.74) is 3.18. The Labute approximate surface area is 188 Å². The molecule has 4 rings (SSSR count). The largest absolute Gasteiger partial charge is 0.441 e. The topological polar surface area (TPSA) is 78.7 Å². The summed E-state index contributed by atoms with van der Waals surface area (Å²) >= 11 is 0. The van der Waals surface area contributed by atoms with Crippen LogP contribution in [0.5, 0.6) is 0 Å². The van der Waals surface area contributed by atoms with Crippen molar-refractivity contribution in [2.45, 2.75) is 20.3 Å². The van der Waals surface area contributed by atoms with E-state index in [0.29, 0.717) is 50.1 Å². The summed E-state index contributed by atoms with van der Waals surface area (Å²) < 4.78 is 5.74. The van der Waals surface area contributed by atoms with Gasteiger partial charge in [0.05, 0.1) is 6.54 Å². The lowest BCUT2D eigenvalue weighted by molar-refractivity contribution is -0.117. The second kappa shape index (κ2) is 9.78. The number of hydrogen-bond acceptors (Lipinski definition) is 5. The van der Waals surface area contributed by atoms with E-state index >= 15 is 0 Å². The van der Waals surface area contributed by atoms with E-state index in [-0.39, 0.29) is 11.8 Å². The molecule has 0 atom stereocenters. The molecule has 1 saturated heterocycles. The maximum absolute atomic E-state index is 13.0. The molecule has 1 N–H and O–H groups in total. The van der Waals surface area contributed by atoms with Gasteiger partial charge in [0.2, 0.25) is 11.8 Å². The van der Waals surface area contributed by atoms with Crippen LogP contribution in [-0.4, -0.2) is 59.3 Å². The highest BCUT2D eigenvalue weighted by Gasteiger charge is 2.27. The van der Waals surface area contributed by atoms with Crippen LogP contribution in [0, 0.1) is 6.92 Å². The van der Waals surface area contributed by atoms with Crippen LogP contribution < -0.4 is 5.32 Å². The quantitative estimate of drug-likeness (QED) is 0.644. The molecule has 166 valence electrons. The molecule has 2 aromatic carbocycles. The summed E-state index contributed by atoms with van der Waals surface area (Å²) in [4.78, 5) is 33.8. The highest BCUT2D eigenvalue weighted by Crippen LogP contribution is 2.22. The zero-order valence-electron chi connectivity index (χ0n) is 18.5. The number of oxazole rings is 1. The first-order chi connectivity index (χ1) is 15.5. The van der Waals surface area contributed by atoms with Crippen LogP contribution in [-0.2, 0) is 11.2 Å². The summed E-state index contributed by atoms with van der Waals surface area (Å²) in [7, 11) is 0. The van der Waals surface area contributed by atoms with E-state index in [0.717, 1.165) is 23.2 Å². The number of amides is 2. The van der Waals surface area contributed by atoms with Gasteiger partial charge in [-0.2, -0.15) is 0 Å². The lowest BCUT2D eigenvalue weighted by Crippen LogP contribution is -2.50. The van der Waals surface area contributed by atoms with Gasteiger partial charge in [0.1, 0.15) is 5.76 Å². The Morgan fingerprint density at radius 1 is 1.00 bits per heavy atom. The highest BCUT2D eigenvalue weighted by molar-refractivity contribution is 5.94. The van der Waals surface area contributed by atoms with Crippen LogP contribution in [0.25, 0.3) is 11.5 Å². The number of hydrogen-bond donors (Lipinski definition) is 1. The number of carbonyl (C=O) groups is 2. The molecule has 7 nitrogen and oxygen atoms in total. The van der Waals surface area contributed by atoms with E-state index in [4.69, 9.17) is 4.42 Å². The third-order valence-corrected chi connectivity index (χ3v) is 5.72. The summed E-state index contributed by atoms with van der Waals surface area (Å²) in [6, 6.07) is 17.4. The number of aryl methyl sites for hydroxylation is 2. The second-order valence-electron chi connectivity index (χ2n) is 7.92. The van der Waals surface area contributed by atoms with E-state index in [1.54, 1.807) is 11.8 Å². The summed E-state index contributed by atoms with van der Waals surface area (Å²) in [5.74, 6) is 0.805. The average molecular weight is 433 g/mol. The van der Waals surface area contributed by atoms with Crippen LogP contribution in [0.1, 0.15) is 28.7 Å². The molecule has 0 radical (unpaired) electrons. The molecule has 0 aliphatic carbocycles. The van der Waals surface area contributed by atoms with Crippen molar-refractivity contribution in [3.8, 4) is 11.5 Å². The van der Waals surface area contributed by atoms with Gasteiger partial charge in [-0.25, -0.2) is 4.98 Å². The number of carbonyl (C=O) groups excluding carboxylic acids is 2. The maximum atomic E-state index is 13.0. The minimum atomic E-state index is -0.130. The standard InChI is InChI=1S/C25H28N4O3/c1-3-19-9-7-8-12-21(19)26-22(30)17-28-13-15-29(16-14-28)25(31)23-18(2)32-24(27-23)20-10-5-4-6-11-20/h4-12H,3,13-17H2,1-2H3,(H,26,30). The number of anilines is 1. The van der Waals surface area contributed by atoms with Gasteiger partial charge in [-0.15, -0.1) is 0 Å². The van der Waals surface area contributed by atoms with Gasteiger partial charge in [0.25, 0.3) is 5.91 Å². The lowest BCUT2D eigenvalue weighted by atomic mass is 10.1. The normalized spacial score (nSPS) is 14.4. The van der Waals surface area contributed by atoms with Crippen molar-refractivity contribution in [2.24, 2.45) is 0 Å². The molecule has 2 amide bonds. The van der Waals surface area contributed by atoms with Crippen molar-refractivity contribution in [3.05, 3.63) is 71.6 Å². The van der Waals surface area contributed by atoms with Crippen molar-refractivity contribution in [1.29, 1.82) is 0 Å². The van der Waals surface area contributed by atoms with Crippen LogP contribution in [0.15, 0.2) is 59.0 Å². The number of benzene rings is 2. The monoisotopic (exact) mass is 432 g/mol. The second-order valence-corrected chi connectivity index (χ2v) is 7.92. The SMILES string of the molecule is CCc1ccccc1NC(=O)CN1CCN(C(=O)c2nc(-c3ccccc3)oc2C)CC1. The Morgan fingerprint density at radius 2 is 1.69 bits per heavy atom. The van der Waals surface area contributed by atoms with Gasteiger partial charge < -0.3 is 14.6 Å². The van der Waals surface area contributed by atoms with Gasteiger partial charge in [-0.3, -0.25) is 14.5 Å². The molecule has 1 fully saturated rings. The molecule has 3 aromatic rings. The molecule has 1 aromatic heterocycles. The van der Waals surface area contributed by atoms with Crippen molar-refractivity contribution in [3.63, 3.8) is 0 Å². The van der Waals surface area contributed by atoms with E-state index in [9.17, 15) is 9.59 Å². The average Bonchev–Trinajstić information content (AvgIpc) is 3.21. The predicted octanol–water partition coefficient (Wildman–Crippen LogP) is 3.61. The first-order valence-corrected chi connectivity index (χ1v) is 11.0. The molecule has 0 spiro atoms. The number of nitrogens with zero attached hydrogens (tertiary/aromatic N) is 3. The number of nitrogens with one attached hydrogen (secondary N) is 1. The molecule has 0 saturated carbocycles. The lowest BCUT2D eigenvalue weighted by Gasteiger charge is -2.34. The minimum absolute atomic E-state index is 0.0366. The molecule has 1 aliphatic heterocycles.